The van der Waals surface area contributed by atoms with Gasteiger partial charge < -0.3 is 30.3 Å². The molecule has 4 atom stereocenters. The SMILES string of the molecule is CC(=O)NCCCCCC(=O)NCc1ccc(C2OC(CSCCO)C(C)C(c3ccc(CO)cc3)O2)cc1. The Kier molecular flexibility index (Phi) is 13.3. The van der Waals surface area contributed by atoms with Gasteiger partial charge in [0, 0.05) is 49.4 Å². The van der Waals surface area contributed by atoms with Crippen LogP contribution in [0.15, 0.2) is 48.5 Å². The van der Waals surface area contributed by atoms with Gasteiger partial charge in [-0.05, 0) is 29.5 Å². The first-order chi connectivity index (χ1) is 18.9. The second kappa shape index (κ2) is 16.6. The van der Waals surface area contributed by atoms with Crippen molar-refractivity contribution in [3.8, 4) is 0 Å². The van der Waals surface area contributed by atoms with Crippen LogP contribution < -0.4 is 10.6 Å². The Morgan fingerprint density at radius 1 is 0.897 bits per heavy atom. The van der Waals surface area contributed by atoms with Crippen molar-refractivity contribution < 1.29 is 29.3 Å². The molecule has 8 nitrogen and oxygen atoms in total. The van der Waals surface area contributed by atoms with Crippen molar-refractivity contribution in [2.45, 2.75) is 71.2 Å². The Morgan fingerprint density at radius 3 is 2.26 bits per heavy atom. The van der Waals surface area contributed by atoms with Crippen LogP contribution in [0.5, 0.6) is 0 Å². The summed E-state index contributed by atoms with van der Waals surface area (Å²) in [5, 5.41) is 24.4. The lowest BCUT2D eigenvalue weighted by molar-refractivity contribution is -0.268. The molecule has 4 unspecified atom stereocenters. The number of nitrogens with one attached hydrogen (secondary N) is 2. The Morgan fingerprint density at radius 2 is 1.59 bits per heavy atom. The van der Waals surface area contributed by atoms with Gasteiger partial charge in [0.05, 0.1) is 25.4 Å². The quantitative estimate of drug-likeness (QED) is 0.244. The van der Waals surface area contributed by atoms with E-state index in [2.05, 4.69) is 17.6 Å². The summed E-state index contributed by atoms with van der Waals surface area (Å²) in [6.45, 7) is 4.86. The van der Waals surface area contributed by atoms with E-state index in [1.807, 2.05) is 48.5 Å². The van der Waals surface area contributed by atoms with Gasteiger partial charge in [-0.3, -0.25) is 9.59 Å². The van der Waals surface area contributed by atoms with Crippen LogP contribution in [0, 0.1) is 5.92 Å². The molecule has 2 aromatic rings. The lowest BCUT2D eigenvalue weighted by atomic mass is 9.91. The molecule has 1 aliphatic heterocycles. The minimum atomic E-state index is -0.537. The largest absolute Gasteiger partial charge is 0.396 e. The summed E-state index contributed by atoms with van der Waals surface area (Å²) in [6.07, 6.45) is 2.26. The number of thioether (sulfide) groups is 1. The van der Waals surface area contributed by atoms with E-state index in [-0.39, 0.29) is 43.2 Å². The Hall–Kier alpha value is -2.43. The number of carbonyl (C=O) groups excluding carboxylic acids is 2. The van der Waals surface area contributed by atoms with Gasteiger partial charge in [-0.25, -0.2) is 0 Å². The van der Waals surface area contributed by atoms with Crippen molar-refractivity contribution in [1.82, 2.24) is 10.6 Å². The summed E-state index contributed by atoms with van der Waals surface area (Å²) < 4.78 is 12.9. The molecular weight excluding hydrogens is 516 g/mol. The molecule has 2 amide bonds. The Labute approximate surface area is 235 Å². The molecule has 4 N–H and O–H groups in total. The molecule has 0 aliphatic carbocycles. The van der Waals surface area contributed by atoms with Crippen LogP contribution in [0.3, 0.4) is 0 Å². The van der Waals surface area contributed by atoms with E-state index >= 15 is 0 Å². The van der Waals surface area contributed by atoms with Crippen LogP contribution in [-0.2, 0) is 32.2 Å². The fraction of sp³-hybridized carbons (Fsp3) is 0.533. The van der Waals surface area contributed by atoms with E-state index in [0.717, 1.165) is 47.3 Å². The number of amides is 2. The molecule has 2 aromatic carbocycles. The molecule has 214 valence electrons. The molecule has 9 heteroatoms. The Bertz CT molecular complexity index is 1020. The zero-order valence-corrected chi connectivity index (χ0v) is 23.8. The zero-order chi connectivity index (χ0) is 28.0. The Balaban J connectivity index is 1.56. The van der Waals surface area contributed by atoms with Gasteiger partial charge in [0.15, 0.2) is 6.29 Å². The summed E-state index contributed by atoms with van der Waals surface area (Å²) in [5.74, 6) is 1.51. The molecule has 0 aromatic heterocycles. The molecule has 39 heavy (non-hydrogen) atoms. The van der Waals surface area contributed by atoms with Gasteiger partial charge in [0.2, 0.25) is 11.8 Å². The van der Waals surface area contributed by atoms with Crippen molar-refractivity contribution in [3.05, 3.63) is 70.8 Å². The molecule has 1 heterocycles. The standard InChI is InChI=1S/C30H42N2O6S/c1-21-27(20-39-17-16-33)37-30(38-29(21)25-11-9-24(19-34)10-12-25)26-13-7-23(8-14-26)18-32-28(36)6-4-3-5-15-31-22(2)35/h7-14,21,27,29-30,33-34H,3-6,15-20H2,1-2H3,(H,31,35)(H,32,36). The van der Waals surface area contributed by atoms with Gasteiger partial charge in [-0.1, -0.05) is 61.9 Å². The second-order valence-electron chi connectivity index (χ2n) is 9.93. The number of carbonyl (C=O) groups is 2. The predicted octanol–water partition coefficient (Wildman–Crippen LogP) is 4.01. The highest BCUT2D eigenvalue weighted by molar-refractivity contribution is 7.99. The molecule has 1 aliphatic rings. The van der Waals surface area contributed by atoms with Gasteiger partial charge >= 0.3 is 0 Å². The van der Waals surface area contributed by atoms with E-state index < -0.39 is 6.29 Å². The maximum Gasteiger partial charge on any atom is 0.220 e. The van der Waals surface area contributed by atoms with Gasteiger partial charge in [-0.2, -0.15) is 11.8 Å². The normalized spacial score (nSPS) is 20.9. The van der Waals surface area contributed by atoms with Gasteiger partial charge in [-0.15, -0.1) is 0 Å². The summed E-state index contributed by atoms with van der Waals surface area (Å²) in [6, 6.07) is 15.8. The van der Waals surface area contributed by atoms with E-state index in [1.54, 1.807) is 11.8 Å². The number of rotatable bonds is 15. The van der Waals surface area contributed by atoms with E-state index in [9.17, 15) is 19.8 Å². The number of hydrogen-bond donors (Lipinski definition) is 4. The number of aliphatic hydroxyl groups excluding tert-OH is 2. The number of benzene rings is 2. The maximum absolute atomic E-state index is 12.2. The highest BCUT2D eigenvalue weighted by atomic mass is 32.2. The summed E-state index contributed by atoms with van der Waals surface area (Å²) in [4.78, 5) is 23.1. The van der Waals surface area contributed by atoms with E-state index in [0.29, 0.717) is 25.3 Å². The molecular formula is C30H42N2O6S. The summed E-state index contributed by atoms with van der Waals surface area (Å²) in [7, 11) is 0. The van der Waals surface area contributed by atoms with Crippen molar-refractivity contribution in [2.75, 3.05) is 24.7 Å². The summed E-state index contributed by atoms with van der Waals surface area (Å²) >= 11 is 1.67. The summed E-state index contributed by atoms with van der Waals surface area (Å²) in [5.41, 5.74) is 3.80. The smallest absolute Gasteiger partial charge is 0.220 e. The van der Waals surface area contributed by atoms with Crippen LogP contribution in [0.2, 0.25) is 0 Å². The molecule has 3 rings (SSSR count). The first-order valence-electron chi connectivity index (χ1n) is 13.7. The lowest BCUT2D eigenvalue weighted by Gasteiger charge is -2.41. The van der Waals surface area contributed by atoms with E-state index in [1.165, 1.54) is 6.92 Å². The third kappa shape index (κ3) is 10.2. The van der Waals surface area contributed by atoms with Crippen LogP contribution >= 0.6 is 11.8 Å². The fourth-order valence-electron chi connectivity index (χ4n) is 4.51. The van der Waals surface area contributed by atoms with Crippen molar-refractivity contribution >= 4 is 23.6 Å². The minimum absolute atomic E-state index is 0.000253. The molecule has 0 saturated carbocycles. The number of hydrogen-bond acceptors (Lipinski definition) is 7. The fourth-order valence-corrected chi connectivity index (χ4v) is 5.42. The average Bonchev–Trinajstić information content (AvgIpc) is 2.95. The molecule has 0 spiro atoms. The van der Waals surface area contributed by atoms with Crippen molar-refractivity contribution in [2.24, 2.45) is 5.92 Å². The van der Waals surface area contributed by atoms with Gasteiger partial charge in [0.1, 0.15) is 0 Å². The van der Waals surface area contributed by atoms with Crippen LogP contribution in [0.25, 0.3) is 0 Å². The van der Waals surface area contributed by atoms with Crippen LogP contribution in [-0.4, -0.2) is 52.8 Å². The minimum Gasteiger partial charge on any atom is -0.396 e. The third-order valence-electron chi connectivity index (χ3n) is 6.84. The highest BCUT2D eigenvalue weighted by Crippen LogP contribution is 2.42. The number of ether oxygens (including phenoxy) is 2. The maximum atomic E-state index is 12.2. The molecule has 1 saturated heterocycles. The number of unbranched alkanes of at least 4 members (excludes halogenated alkanes) is 2. The number of aliphatic hydroxyl groups is 2. The average molecular weight is 559 g/mol. The molecule has 0 radical (unpaired) electrons. The first-order valence-corrected chi connectivity index (χ1v) is 14.9. The van der Waals surface area contributed by atoms with Crippen molar-refractivity contribution in [1.29, 1.82) is 0 Å². The van der Waals surface area contributed by atoms with Gasteiger partial charge in [0.25, 0.3) is 0 Å². The van der Waals surface area contributed by atoms with E-state index in [4.69, 9.17) is 9.47 Å². The molecule has 0 bridgehead atoms. The first kappa shape index (κ1) is 31.1. The molecule has 1 fully saturated rings. The van der Waals surface area contributed by atoms with Crippen molar-refractivity contribution in [3.63, 3.8) is 0 Å². The predicted molar refractivity (Wildman–Crippen MR) is 153 cm³/mol. The highest BCUT2D eigenvalue weighted by Gasteiger charge is 2.38. The second-order valence-corrected chi connectivity index (χ2v) is 11.1. The zero-order valence-electron chi connectivity index (χ0n) is 22.9. The van der Waals surface area contributed by atoms with Crippen LogP contribution in [0.1, 0.15) is 74.2 Å². The van der Waals surface area contributed by atoms with Crippen LogP contribution in [0.4, 0.5) is 0 Å². The monoisotopic (exact) mass is 558 g/mol. The lowest BCUT2D eigenvalue weighted by Crippen LogP contribution is -2.38. The third-order valence-corrected chi connectivity index (χ3v) is 7.87. The topological polar surface area (TPSA) is 117 Å².